The fourth-order valence-electron chi connectivity index (χ4n) is 2.60. The third-order valence-electron chi connectivity index (χ3n) is 3.43. The van der Waals surface area contributed by atoms with Crippen molar-refractivity contribution in [3.05, 3.63) is 10.4 Å². The van der Waals surface area contributed by atoms with Gasteiger partial charge in [-0.25, -0.2) is 0 Å². The molecule has 7 heteroatoms. The second-order valence-corrected chi connectivity index (χ2v) is 4.58. The maximum absolute atomic E-state index is 11.6. The molecule has 0 radical (unpaired) electrons. The first-order chi connectivity index (χ1) is 8.15. The number of hydrogen-bond acceptors (Lipinski definition) is 6. The lowest BCUT2D eigenvalue weighted by molar-refractivity contribution is 0.181. The zero-order chi connectivity index (χ0) is 12.0. The highest BCUT2D eigenvalue weighted by Crippen LogP contribution is 2.33. The van der Waals surface area contributed by atoms with Crippen molar-refractivity contribution < 1.29 is 5.11 Å². The molecule has 17 heavy (non-hydrogen) atoms. The Labute approximate surface area is 97.7 Å². The van der Waals surface area contributed by atoms with Crippen molar-refractivity contribution in [2.75, 3.05) is 22.6 Å². The Kier molecular flexibility index (Phi) is 2.22. The highest BCUT2D eigenvalue weighted by molar-refractivity contribution is 5.71. The van der Waals surface area contributed by atoms with Crippen molar-refractivity contribution in [1.29, 1.82) is 0 Å². The van der Waals surface area contributed by atoms with Crippen molar-refractivity contribution >= 4 is 17.5 Å². The van der Waals surface area contributed by atoms with Crippen LogP contribution in [0.25, 0.3) is 0 Å². The molecule has 0 bridgehead atoms. The van der Waals surface area contributed by atoms with Gasteiger partial charge in [0.05, 0.1) is 12.8 Å². The number of anilines is 3. The molecule has 1 fully saturated rings. The first-order valence-electron chi connectivity index (χ1n) is 5.73. The highest BCUT2D eigenvalue weighted by Gasteiger charge is 2.34. The average Bonchev–Trinajstić information content (AvgIpc) is 2.83. The molecule has 0 aromatic carbocycles. The Balaban J connectivity index is 1.96. The summed E-state index contributed by atoms with van der Waals surface area (Å²) in [5.74, 6) is 0.728. The molecule has 1 saturated carbocycles. The average molecular weight is 237 g/mol. The molecule has 0 amide bonds. The van der Waals surface area contributed by atoms with E-state index in [1.807, 2.05) is 4.90 Å². The third kappa shape index (κ3) is 1.62. The number of aliphatic hydroxyl groups excluding tert-OH is 1. The molecule has 92 valence electrons. The first-order valence-corrected chi connectivity index (χ1v) is 5.73. The number of H-pyrrole nitrogens is 1. The van der Waals surface area contributed by atoms with Crippen molar-refractivity contribution in [2.24, 2.45) is 0 Å². The van der Waals surface area contributed by atoms with Crippen molar-refractivity contribution in [3.63, 3.8) is 0 Å². The van der Waals surface area contributed by atoms with Gasteiger partial charge in [-0.2, -0.15) is 4.98 Å². The van der Waals surface area contributed by atoms with E-state index < -0.39 is 0 Å². The molecule has 2 aliphatic rings. The normalized spacial score (nSPS) is 27.0. The molecule has 2 atom stereocenters. The summed E-state index contributed by atoms with van der Waals surface area (Å²) < 4.78 is 0. The van der Waals surface area contributed by atoms with E-state index in [1.165, 1.54) is 0 Å². The number of nitrogens with zero attached hydrogens (tertiary/aromatic N) is 2. The minimum Gasteiger partial charge on any atom is -0.393 e. The Bertz CT molecular complexity index is 500. The van der Waals surface area contributed by atoms with Crippen LogP contribution in [0, 0.1) is 0 Å². The van der Waals surface area contributed by atoms with Gasteiger partial charge < -0.3 is 21.1 Å². The fourth-order valence-corrected chi connectivity index (χ4v) is 2.60. The van der Waals surface area contributed by atoms with E-state index in [9.17, 15) is 9.90 Å². The standard InChI is InChI=1S/C10H15N5O2/c11-10-13-8-7(9(17)14-10)12-4-15(8)5-1-2-6(16)3-5/h5-6,12,16H,1-4H2,(H3,11,13,14,17). The molecular weight excluding hydrogens is 222 g/mol. The predicted octanol–water partition coefficient (Wildman–Crippen LogP) is -0.545. The minimum atomic E-state index is -0.247. The van der Waals surface area contributed by atoms with Crippen LogP contribution in [0.1, 0.15) is 19.3 Å². The third-order valence-corrected chi connectivity index (χ3v) is 3.43. The molecule has 1 aliphatic carbocycles. The zero-order valence-electron chi connectivity index (χ0n) is 9.31. The molecule has 1 aromatic rings. The maximum atomic E-state index is 11.6. The summed E-state index contributed by atoms with van der Waals surface area (Å²) in [7, 11) is 0. The Morgan fingerprint density at radius 1 is 1.47 bits per heavy atom. The molecular formula is C10H15N5O2. The van der Waals surface area contributed by atoms with Crippen LogP contribution in [-0.2, 0) is 0 Å². The van der Waals surface area contributed by atoms with Gasteiger partial charge in [0.15, 0.2) is 5.82 Å². The Hall–Kier alpha value is -1.76. The van der Waals surface area contributed by atoms with Crippen molar-refractivity contribution in [1.82, 2.24) is 9.97 Å². The van der Waals surface area contributed by atoms with Crippen molar-refractivity contribution in [3.8, 4) is 0 Å². The van der Waals surface area contributed by atoms with E-state index in [1.54, 1.807) is 0 Å². The predicted molar refractivity (Wildman–Crippen MR) is 63.9 cm³/mol. The van der Waals surface area contributed by atoms with Gasteiger partial charge in [0.1, 0.15) is 5.69 Å². The molecule has 3 rings (SSSR count). The van der Waals surface area contributed by atoms with Gasteiger partial charge in [0.2, 0.25) is 5.95 Å². The molecule has 1 aromatic heterocycles. The van der Waals surface area contributed by atoms with Gasteiger partial charge in [-0.15, -0.1) is 0 Å². The Morgan fingerprint density at radius 3 is 3.00 bits per heavy atom. The second-order valence-electron chi connectivity index (χ2n) is 4.58. The molecule has 2 unspecified atom stereocenters. The van der Waals surface area contributed by atoms with Crippen LogP contribution in [0.15, 0.2) is 4.79 Å². The van der Waals surface area contributed by atoms with Gasteiger partial charge in [0, 0.05) is 6.04 Å². The van der Waals surface area contributed by atoms with E-state index in [-0.39, 0.29) is 23.7 Å². The lowest BCUT2D eigenvalue weighted by Crippen LogP contribution is -2.34. The number of hydrogen-bond donors (Lipinski definition) is 4. The number of aliphatic hydroxyl groups is 1. The number of nitrogens with two attached hydrogens (primary N) is 1. The van der Waals surface area contributed by atoms with Crippen LogP contribution in [-0.4, -0.2) is 33.9 Å². The summed E-state index contributed by atoms with van der Waals surface area (Å²) in [6.45, 7) is 0.548. The number of rotatable bonds is 1. The van der Waals surface area contributed by atoms with E-state index >= 15 is 0 Å². The SMILES string of the molecule is Nc1nc2c(c(=O)[nH]1)NCN2C1CCC(O)C1. The van der Waals surface area contributed by atoms with Crippen LogP contribution in [0.5, 0.6) is 0 Å². The van der Waals surface area contributed by atoms with Crippen LogP contribution >= 0.6 is 0 Å². The summed E-state index contributed by atoms with van der Waals surface area (Å²) in [4.78, 5) is 20.3. The summed E-state index contributed by atoms with van der Waals surface area (Å²) >= 11 is 0. The number of nitrogen functional groups attached to an aromatic ring is 1. The van der Waals surface area contributed by atoms with E-state index in [2.05, 4.69) is 15.3 Å². The van der Waals surface area contributed by atoms with E-state index in [0.717, 1.165) is 19.3 Å². The molecule has 0 saturated heterocycles. The van der Waals surface area contributed by atoms with Crippen LogP contribution in [0.4, 0.5) is 17.5 Å². The number of fused-ring (bicyclic) bond motifs is 1. The topological polar surface area (TPSA) is 107 Å². The lowest BCUT2D eigenvalue weighted by Gasteiger charge is -2.24. The van der Waals surface area contributed by atoms with Crippen molar-refractivity contribution in [2.45, 2.75) is 31.4 Å². The number of aromatic amines is 1. The molecule has 7 nitrogen and oxygen atoms in total. The number of nitrogens with one attached hydrogen (secondary N) is 2. The quantitative estimate of drug-likeness (QED) is 0.522. The van der Waals surface area contributed by atoms with Gasteiger partial charge in [-0.3, -0.25) is 9.78 Å². The van der Waals surface area contributed by atoms with Gasteiger partial charge >= 0.3 is 0 Å². The first kappa shape index (κ1) is 10.4. The maximum Gasteiger partial charge on any atom is 0.277 e. The monoisotopic (exact) mass is 237 g/mol. The summed E-state index contributed by atoms with van der Waals surface area (Å²) in [6.07, 6.45) is 2.19. The Morgan fingerprint density at radius 2 is 2.29 bits per heavy atom. The van der Waals surface area contributed by atoms with E-state index in [4.69, 9.17) is 5.73 Å². The molecule has 1 aliphatic heterocycles. The summed E-state index contributed by atoms with van der Waals surface area (Å²) in [5.41, 5.74) is 5.78. The van der Waals surface area contributed by atoms with Gasteiger partial charge in [0.25, 0.3) is 5.56 Å². The molecule has 2 heterocycles. The van der Waals surface area contributed by atoms with Gasteiger partial charge in [-0.1, -0.05) is 0 Å². The molecule has 5 N–H and O–H groups in total. The summed E-state index contributed by atoms with van der Waals surface area (Å²) in [5, 5.41) is 12.6. The van der Waals surface area contributed by atoms with E-state index in [0.29, 0.717) is 18.2 Å². The summed E-state index contributed by atoms with van der Waals surface area (Å²) in [6, 6.07) is 0.229. The van der Waals surface area contributed by atoms with Gasteiger partial charge in [-0.05, 0) is 19.3 Å². The smallest absolute Gasteiger partial charge is 0.277 e. The zero-order valence-corrected chi connectivity index (χ0v) is 9.31. The largest absolute Gasteiger partial charge is 0.393 e. The lowest BCUT2D eigenvalue weighted by atomic mass is 10.2. The molecule has 0 spiro atoms. The fraction of sp³-hybridized carbons (Fsp3) is 0.600. The van der Waals surface area contributed by atoms with Crippen LogP contribution in [0.3, 0.4) is 0 Å². The minimum absolute atomic E-state index is 0.126. The van der Waals surface area contributed by atoms with Crippen LogP contribution < -0.4 is 21.5 Å². The number of aromatic nitrogens is 2. The second kappa shape index (κ2) is 3.63. The highest BCUT2D eigenvalue weighted by atomic mass is 16.3. The van der Waals surface area contributed by atoms with Crippen LogP contribution in [0.2, 0.25) is 0 Å².